The van der Waals surface area contributed by atoms with E-state index in [0.717, 1.165) is 13.1 Å². The van der Waals surface area contributed by atoms with Gasteiger partial charge in [-0.2, -0.15) is 5.10 Å². The summed E-state index contributed by atoms with van der Waals surface area (Å²) in [5, 5.41) is 8.06. The van der Waals surface area contributed by atoms with Gasteiger partial charge in [-0.1, -0.05) is 6.07 Å². The lowest BCUT2D eigenvalue weighted by Crippen LogP contribution is -2.28. The van der Waals surface area contributed by atoms with Crippen LogP contribution >= 0.6 is 0 Å². The van der Waals surface area contributed by atoms with Crippen LogP contribution in [0.2, 0.25) is 0 Å². The average molecular weight is 215 g/mol. The molecule has 3 nitrogen and oxygen atoms in total. The molecule has 16 heavy (non-hydrogen) atoms. The maximum absolute atomic E-state index is 4.58. The molecule has 0 spiro atoms. The zero-order chi connectivity index (χ0) is 11.0. The molecule has 3 rings (SSSR count). The predicted molar refractivity (Wildman–Crippen MR) is 64.8 cm³/mol. The third-order valence-corrected chi connectivity index (χ3v) is 3.47. The van der Waals surface area contributed by atoms with Crippen molar-refractivity contribution in [1.29, 1.82) is 0 Å². The summed E-state index contributed by atoms with van der Waals surface area (Å²) in [6.07, 6.45) is 4.58. The summed E-state index contributed by atoms with van der Waals surface area (Å²) in [5.74, 6) is 0.633. The summed E-state index contributed by atoms with van der Waals surface area (Å²) in [5.41, 5.74) is 3.89. The van der Waals surface area contributed by atoms with Gasteiger partial charge in [0.1, 0.15) is 0 Å². The van der Waals surface area contributed by atoms with Crippen LogP contribution in [-0.2, 0) is 0 Å². The van der Waals surface area contributed by atoms with Gasteiger partial charge in [0.2, 0.25) is 0 Å². The number of rotatable bonds is 1. The number of piperidine rings is 1. The van der Waals surface area contributed by atoms with Crippen molar-refractivity contribution < 1.29 is 0 Å². The first-order chi connectivity index (χ1) is 7.86. The van der Waals surface area contributed by atoms with Crippen LogP contribution in [0.25, 0.3) is 5.52 Å². The van der Waals surface area contributed by atoms with E-state index < -0.39 is 0 Å². The number of fused-ring (bicyclic) bond motifs is 1. The van der Waals surface area contributed by atoms with Crippen LogP contribution in [-0.4, -0.2) is 22.7 Å². The molecule has 2 aromatic rings. The maximum Gasteiger partial charge on any atom is 0.0699 e. The maximum atomic E-state index is 4.58. The van der Waals surface area contributed by atoms with Gasteiger partial charge < -0.3 is 5.32 Å². The Morgan fingerprint density at radius 1 is 1.44 bits per heavy atom. The molecule has 0 saturated carbocycles. The summed E-state index contributed by atoms with van der Waals surface area (Å²) < 4.78 is 2.00. The second kappa shape index (κ2) is 3.91. The molecule has 1 aliphatic rings. The Kier molecular flexibility index (Phi) is 2.40. The minimum atomic E-state index is 0.633. The van der Waals surface area contributed by atoms with Gasteiger partial charge in [0.15, 0.2) is 0 Å². The van der Waals surface area contributed by atoms with E-state index in [2.05, 4.69) is 29.5 Å². The summed E-state index contributed by atoms with van der Waals surface area (Å²) >= 11 is 0. The highest BCUT2D eigenvalue weighted by molar-refractivity contribution is 5.58. The van der Waals surface area contributed by atoms with Gasteiger partial charge in [-0.3, -0.25) is 0 Å². The molecule has 3 heterocycles. The van der Waals surface area contributed by atoms with Crippen LogP contribution in [0.5, 0.6) is 0 Å². The lowest BCUT2D eigenvalue weighted by atomic mass is 9.91. The zero-order valence-corrected chi connectivity index (χ0v) is 9.61. The van der Waals surface area contributed by atoms with E-state index in [9.17, 15) is 0 Å². The topological polar surface area (TPSA) is 29.3 Å². The van der Waals surface area contributed by atoms with E-state index in [-0.39, 0.29) is 0 Å². The predicted octanol–water partition coefficient (Wildman–Crippen LogP) is 2.11. The highest BCUT2D eigenvalue weighted by Crippen LogP contribution is 2.29. The van der Waals surface area contributed by atoms with Gasteiger partial charge in [-0.25, -0.2) is 4.52 Å². The molecule has 0 amide bonds. The first kappa shape index (κ1) is 9.85. The number of aromatic nitrogens is 2. The molecular weight excluding hydrogens is 198 g/mol. The summed E-state index contributed by atoms with van der Waals surface area (Å²) in [7, 11) is 0. The lowest BCUT2D eigenvalue weighted by Gasteiger charge is -2.22. The Labute approximate surface area is 95.5 Å². The van der Waals surface area contributed by atoms with Gasteiger partial charge in [0.05, 0.1) is 11.2 Å². The lowest BCUT2D eigenvalue weighted by molar-refractivity contribution is 0.462. The summed E-state index contributed by atoms with van der Waals surface area (Å²) in [6, 6.07) is 6.29. The molecule has 2 aromatic heterocycles. The van der Waals surface area contributed by atoms with Crippen molar-refractivity contribution in [2.24, 2.45) is 0 Å². The number of hydrogen-bond donors (Lipinski definition) is 1. The van der Waals surface area contributed by atoms with E-state index in [0.29, 0.717) is 5.92 Å². The Bertz CT molecular complexity index is 495. The second-order valence-electron chi connectivity index (χ2n) is 4.57. The number of pyridine rings is 1. The van der Waals surface area contributed by atoms with Crippen molar-refractivity contribution in [2.75, 3.05) is 13.1 Å². The van der Waals surface area contributed by atoms with Crippen molar-refractivity contribution in [3.63, 3.8) is 0 Å². The Balaban J connectivity index is 2.10. The first-order valence-electron chi connectivity index (χ1n) is 6.01. The van der Waals surface area contributed by atoms with Gasteiger partial charge >= 0.3 is 0 Å². The van der Waals surface area contributed by atoms with Gasteiger partial charge in [-0.05, 0) is 38.4 Å². The van der Waals surface area contributed by atoms with Crippen molar-refractivity contribution >= 4 is 5.52 Å². The van der Waals surface area contributed by atoms with E-state index >= 15 is 0 Å². The number of hydrogen-bond acceptors (Lipinski definition) is 2. The number of aryl methyl sites for hydroxylation is 1. The van der Waals surface area contributed by atoms with Crippen LogP contribution in [0, 0.1) is 6.92 Å². The molecule has 1 unspecified atom stereocenters. The van der Waals surface area contributed by atoms with Crippen molar-refractivity contribution in [3.05, 3.63) is 35.7 Å². The quantitative estimate of drug-likeness (QED) is 0.789. The Morgan fingerprint density at radius 3 is 3.19 bits per heavy atom. The molecule has 3 heteroatoms. The molecule has 1 atom stereocenters. The Morgan fingerprint density at radius 2 is 2.38 bits per heavy atom. The first-order valence-corrected chi connectivity index (χ1v) is 6.01. The summed E-state index contributed by atoms with van der Waals surface area (Å²) in [4.78, 5) is 0. The normalized spacial score (nSPS) is 21.4. The number of nitrogens with one attached hydrogen (secondary N) is 1. The van der Waals surface area contributed by atoms with Crippen LogP contribution in [0.15, 0.2) is 24.4 Å². The van der Waals surface area contributed by atoms with Gasteiger partial charge in [-0.15, -0.1) is 0 Å². The highest BCUT2D eigenvalue weighted by atomic mass is 15.2. The molecule has 1 fully saturated rings. The standard InChI is InChI=1S/C13H17N3/c1-10-13(11-5-4-7-14-9-11)12-6-2-3-8-16(12)15-10/h2-3,6,8,11,14H,4-5,7,9H2,1H3. The fourth-order valence-corrected chi connectivity index (χ4v) is 2.74. The SMILES string of the molecule is Cc1nn2ccccc2c1C1CCCNC1. The van der Waals surface area contributed by atoms with Crippen molar-refractivity contribution in [2.45, 2.75) is 25.7 Å². The van der Waals surface area contributed by atoms with Crippen LogP contribution in [0.3, 0.4) is 0 Å². The second-order valence-corrected chi connectivity index (χ2v) is 4.57. The van der Waals surface area contributed by atoms with Crippen LogP contribution in [0.4, 0.5) is 0 Å². The van der Waals surface area contributed by atoms with Crippen molar-refractivity contribution in [3.8, 4) is 0 Å². The Hall–Kier alpha value is -1.35. The van der Waals surface area contributed by atoms with E-state index in [1.807, 2.05) is 16.8 Å². The minimum Gasteiger partial charge on any atom is -0.316 e. The van der Waals surface area contributed by atoms with E-state index in [4.69, 9.17) is 0 Å². The van der Waals surface area contributed by atoms with Crippen LogP contribution < -0.4 is 5.32 Å². The molecule has 0 aromatic carbocycles. The molecular formula is C13H17N3. The van der Waals surface area contributed by atoms with E-state index in [1.54, 1.807) is 0 Å². The molecule has 0 radical (unpaired) electrons. The molecule has 84 valence electrons. The van der Waals surface area contributed by atoms with Gasteiger partial charge in [0, 0.05) is 24.2 Å². The highest BCUT2D eigenvalue weighted by Gasteiger charge is 2.21. The average Bonchev–Trinajstić information content (AvgIpc) is 2.66. The minimum absolute atomic E-state index is 0.633. The molecule has 0 bridgehead atoms. The molecule has 1 N–H and O–H groups in total. The molecule has 1 aliphatic heterocycles. The third-order valence-electron chi connectivity index (χ3n) is 3.47. The summed E-state index contributed by atoms with van der Waals surface area (Å²) in [6.45, 7) is 4.38. The molecule has 0 aliphatic carbocycles. The number of nitrogens with zero attached hydrogens (tertiary/aromatic N) is 2. The largest absolute Gasteiger partial charge is 0.316 e. The zero-order valence-electron chi connectivity index (χ0n) is 9.61. The van der Waals surface area contributed by atoms with E-state index in [1.165, 1.54) is 29.6 Å². The van der Waals surface area contributed by atoms with Crippen molar-refractivity contribution in [1.82, 2.24) is 14.9 Å². The molecule has 1 saturated heterocycles. The monoisotopic (exact) mass is 215 g/mol. The third kappa shape index (κ3) is 1.52. The van der Waals surface area contributed by atoms with Crippen LogP contribution in [0.1, 0.15) is 30.0 Å². The fourth-order valence-electron chi connectivity index (χ4n) is 2.74. The smallest absolute Gasteiger partial charge is 0.0699 e. The van der Waals surface area contributed by atoms with Gasteiger partial charge in [0.25, 0.3) is 0 Å². The fraction of sp³-hybridized carbons (Fsp3) is 0.462.